The molecule has 0 N–H and O–H groups in total. The van der Waals surface area contributed by atoms with E-state index in [2.05, 4.69) is 19.1 Å². The van der Waals surface area contributed by atoms with Gasteiger partial charge in [-0.1, -0.05) is 60.3 Å². The Morgan fingerprint density at radius 2 is 1.62 bits per heavy atom. The first-order valence-corrected chi connectivity index (χ1v) is 11.1. The molecule has 1 amide bonds. The highest BCUT2D eigenvalue weighted by Gasteiger charge is 2.33. The van der Waals surface area contributed by atoms with E-state index in [9.17, 15) is 4.79 Å². The SMILES string of the molecule is COc1ccc(/C=C2\N=C(SC(C)c3ccccc3)N(c3cccc(OC)c3)C2=O)cc1. The Balaban J connectivity index is 1.70. The van der Waals surface area contributed by atoms with Crippen molar-refractivity contribution in [1.82, 2.24) is 0 Å². The molecule has 0 radical (unpaired) electrons. The zero-order chi connectivity index (χ0) is 22.5. The quantitative estimate of drug-likeness (QED) is 0.442. The number of amides is 1. The van der Waals surface area contributed by atoms with E-state index in [1.165, 1.54) is 5.56 Å². The van der Waals surface area contributed by atoms with Crippen LogP contribution < -0.4 is 14.4 Å². The molecule has 32 heavy (non-hydrogen) atoms. The van der Waals surface area contributed by atoms with E-state index in [4.69, 9.17) is 14.5 Å². The lowest BCUT2D eigenvalue weighted by Crippen LogP contribution is -2.30. The Kier molecular flexibility index (Phi) is 6.61. The van der Waals surface area contributed by atoms with Gasteiger partial charge in [-0.3, -0.25) is 9.69 Å². The average Bonchev–Trinajstić information content (AvgIpc) is 3.14. The van der Waals surface area contributed by atoms with E-state index in [-0.39, 0.29) is 11.2 Å². The summed E-state index contributed by atoms with van der Waals surface area (Å²) in [6.07, 6.45) is 1.80. The molecule has 1 aliphatic heterocycles. The van der Waals surface area contributed by atoms with Crippen LogP contribution in [0, 0.1) is 0 Å². The third-order valence-corrected chi connectivity index (χ3v) is 6.22. The van der Waals surface area contributed by atoms with Crippen LogP contribution in [-0.2, 0) is 4.79 Å². The first-order valence-electron chi connectivity index (χ1n) is 10.2. The van der Waals surface area contributed by atoms with E-state index in [1.54, 1.807) is 37.0 Å². The van der Waals surface area contributed by atoms with Gasteiger partial charge in [0.25, 0.3) is 5.91 Å². The molecule has 6 heteroatoms. The number of thioether (sulfide) groups is 1. The molecule has 0 aromatic heterocycles. The maximum absolute atomic E-state index is 13.4. The Morgan fingerprint density at radius 3 is 2.31 bits per heavy atom. The fourth-order valence-electron chi connectivity index (χ4n) is 3.36. The van der Waals surface area contributed by atoms with Crippen LogP contribution in [0.5, 0.6) is 11.5 Å². The largest absolute Gasteiger partial charge is 0.497 e. The van der Waals surface area contributed by atoms with Gasteiger partial charge in [0.1, 0.15) is 17.2 Å². The van der Waals surface area contributed by atoms with Crippen LogP contribution in [0.2, 0.25) is 0 Å². The predicted molar refractivity (Wildman–Crippen MR) is 131 cm³/mol. The van der Waals surface area contributed by atoms with E-state index >= 15 is 0 Å². The molecule has 4 rings (SSSR count). The van der Waals surface area contributed by atoms with E-state index in [1.807, 2.05) is 66.7 Å². The van der Waals surface area contributed by atoms with Crippen LogP contribution in [0.3, 0.4) is 0 Å². The summed E-state index contributed by atoms with van der Waals surface area (Å²) in [7, 11) is 3.24. The number of aliphatic imine (C=N–C) groups is 1. The number of carbonyl (C=O) groups is 1. The Labute approximate surface area is 192 Å². The van der Waals surface area contributed by atoms with E-state index in [0.717, 1.165) is 17.0 Å². The molecule has 0 saturated carbocycles. The van der Waals surface area contributed by atoms with Crippen molar-refractivity contribution < 1.29 is 14.3 Å². The average molecular weight is 445 g/mol. The molecule has 0 spiro atoms. The van der Waals surface area contributed by atoms with Crippen LogP contribution in [0.25, 0.3) is 6.08 Å². The van der Waals surface area contributed by atoms with Crippen molar-refractivity contribution in [2.45, 2.75) is 12.2 Å². The summed E-state index contributed by atoms with van der Waals surface area (Å²) >= 11 is 1.55. The summed E-state index contributed by atoms with van der Waals surface area (Å²) in [6, 6.07) is 25.2. The van der Waals surface area contributed by atoms with E-state index < -0.39 is 0 Å². The fourth-order valence-corrected chi connectivity index (χ4v) is 4.42. The van der Waals surface area contributed by atoms with Crippen LogP contribution >= 0.6 is 11.8 Å². The first-order chi connectivity index (χ1) is 15.6. The molecule has 0 bridgehead atoms. The molecule has 0 saturated heterocycles. The Bertz CT molecular complexity index is 1160. The maximum Gasteiger partial charge on any atom is 0.283 e. The standard InChI is InChI=1S/C26H24N2O3S/c1-18(20-8-5-4-6-9-20)32-26-27-24(16-19-12-14-22(30-2)15-13-19)25(29)28(26)21-10-7-11-23(17-21)31-3/h4-18H,1-3H3/b24-16-. The Hall–Kier alpha value is -3.51. The van der Waals surface area contributed by atoms with Crippen molar-refractivity contribution in [2.75, 3.05) is 19.1 Å². The lowest BCUT2D eigenvalue weighted by atomic mass is 10.2. The topological polar surface area (TPSA) is 51.1 Å². The summed E-state index contributed by atoms with van der Waals surface area (Å²) in [6.45, 7) is 2.11. The number of methoxy groups -OCH3 is 2. The minimum atomic E-state index is -0.170. The first kappa shape index (κ1) is 21.7. The molecule has 3 aromatic rings. The van der Waals surface area contributed by atoms with Gasteiger partial charge in [-0.15, -0.1) is 0 Å². The summed E-state index contributed by atoms with van der Waals surface area (Å²) in [5.74, 6) is 1.28. The minimum absolute atomic E-state index is 0.121. The number of carbonyl (C=O) groups excluding carboxylic acids is 1. The highest BCUT2D eigenvalue weighted by molar-refractivity contribution is 8.14. The zero-order valence-electron chi connectivity index (χ0n) is 18.2. The van der Waals surface area contributed by atoms with E-state index in [0.29, 0.717) is 16.6 Å². The summed E-state index contributed by atoms with van der Waals surface area (Å²) in [5.41, 5.74) is 3.16. The van der Waals surface area contributed by atoms with Gasteiger partial charge in [-0.2, -0.15) is 0 Å². The molecular weight excluding hydrogens is 420 g/mol. The second-order valence-corrected chi connectivity index (χ2v) is 8.52. The number of hydrogen-bond donors (Lipinski definition) is 0. The molecule has 1 atom stereocenters. The molecular formula is C26H24N2O3S. The number of rotatable bonds is 6. The van der Waals surface area contributed by atoms with Crippen LogP contribution in [-0.4, -0.2) is 25.3 Å². The summed E-state index contributed by atoms with van der Waals surface area (Å²) in [5, 5.41) is 0.760. The zero-order valence-corrected chi connectivity index (χ0v) is 19.0. The van der Waals surface area contributed by atoms with Gasteiger partial charge in [0.15, 0.2) is 5.17 Å². The lowest BCUT2D eigenvalue weighted by molar-refractivity contribution is -0.113. The highest BCUT2D eigenvalue weighted by Crippen LogP contribution is 2.37. The molecule has 0 aliphatic carbocycles. The number of amidine groups is 1. The number of anilines is 1. The molecule has 3 aromatic carbocycles. The van der Waals surface area contributed by atoms with Gasteiger partial charge >= 0.3 is 0 Å². The van der Waals surface area contributed by atoms with Gasteiger partial charge in [-0.05, 0) is 48.4 Å². The highest BCUT2D eigenvalue weighted by atomic mass is 32.2. The van der Waals surface area contributed by atoms with Crippen LogP contribution in [0.4, 0.5) is 5.69 Å². The molecule has 162 valence electrons. The third kappa shape index (κ3) is 4.70. The van der Waals surface area contributed by atoms with Crippen molar-refractivity contribution in [3.63, 3.8) is 0 Å². The fraction of sp³-hybridized carbons (Fsp3) is 0.154. The van der Waals surface area contributed by atoms with Crippen molar-refractivity contribution in [3.05, 3.63) is 95.7 Å². The monoisotopic (exact) mass is 444 g/mol. The molecule has 1 unspecified atom stereocenters. The molecule has 5 nitrogen and oxygen atoms in total. The van der Waals surface area contributed by atoms with Gasteiger partial charge in [0.05, 0.1) is 19.9 Å². The van der Waals surface area contributed by atoms with Crippen molar-refractivity contribution in [2.24, 2.45) is 4.99 Å². The van der Waals surface area contributed by atoms with Gasteiger partial charge in [0.2, 0.25) is 0 Å². The number of ether oxygens (including phenoxy) is 2. The van der Waals surface area contributed by atoms with Gasteiger partial charge in [-0.25, -0.2) is 4.99 Å². The number of benzene rings is 3. The molecule has 1 heterocycles. The third-order valence-electron chi connectivity index (χ3n) is 5.11. The number of nitrogens with zero attached hydrogens (tertiary/aromatic N) is 2. The molecule has 0 fully saturated rings. The maximum atomic E-state index is 13.4. The second kappa shape index (κ2) is 9.75. The summed E-state index contributed by atoms with van der Waals surface area (Å²) < 4.78 is 10.6. The van der Waals surface area contributed by atoms with Crippen molar-refractivity contribution in [1.29, 1.82) is 0 Å². The van der Waals surface area contributed by atoms with Crippen LogP contribution in [0.15, 0.2) is 89.6 Å². The molecule has 1 aliphatic rings. The van der Waals surface area contributed by atoms with Crippen LogP contribution in [0.1, 0.15) is 23.3 Å². The van der Waals surface area contributed by atoms with Crippen molar-refractivity contribution >= 4 is 34.6 Å². The predicted octanol–water partition coefficient (Wildman–Crippen LogP) is 5.94. The smallest absolute Gasteiger partial charge is 0.283 e. The van der Waals surface area contributed by atoms with Gasteiger partial charge in [0, 0.05) is 11.3 Å². The second-order valence-electron chi connectivity index (χ2n) is 7.21. The Morgan fingerprint density at radius 1 is 0.906 bits per heavy atom. The lowest BCUT2D eigenvalue weighted by Gasteiger charge is -2.20. The normalized spacial score (nSPS) is 15.6. The van der Waals surface area contributed by atoms with Gasteiger partial charge < -0.3 is 9.47 Å². The minimum Gasteiger partial charge on any atom is -0.497 e. The number of hydrogen-bond acceptors (Lipinski definition) is 5. The summed E-state index contributed by atoms with van der Waals surface area (Å²) in [4.78, 5) is 19.8. The van der Waals surface area contributed by atoms with Crippen molar-refractivity contribution in [3.8, 4) is 11.5 Å².